The zero-order valence-corrected chi connectivity index (χ0v) is 12.8. The molecule has 6 heteroatoms. The molecular formula is C17H19N5O. The van der Waals surface area contributed by atoms with Crippen molar-refractivity contribution < 1.29 is 4.79 Å². The lowest BCUT2D eigenvalue weighted by Gasteiger charge is -2.21. The molecule has 0 atom stereocenters. The molecule has 3 aromatic rings. The standard InChI is InChI=1S/C17H19N5O/c23-16(12-5-7-18-8-6-12)17-21-13-3-1-2-4-14(13)22(17)11-15-19-9-10-20-15/h1-4,9-10,12,18H,5-8,11H2,(H,19,20). The zero-order chi connectivity index (χ0) is 15.6. The Labute approximate surface area is 133 Å². The summed E-state index contributed by atoms with van der Waals surface area (Å²) in [6.45, 7) is 2.32. The number of piperidine rings is 1. The number of carbonyl (C=O) groups is 1. The number of hydrogen-bond acceptors (Lipinski definition) is 4. The lowest BCUT2D eigenvalue weighted by atomic mass is 9.93. The van der Waals surface area contributed by atoms with Gasteiger partial charge in [0.15, 0.2) is 5.82 Å². The smallest absolute Gasteiger partial charge is 0.201 e. The van der Waals surface area contributed by atoms with Crippen LogP contribution in [-0.4, -0.2) is 38.4 Å². The fraction of sp³-hybridized carbons (Fsp3) is 0.353. The first-order chi connectivity index (χ1) is 11.3. The normalized spacial score (nSPS) is 16.0. The second-order valence-corrected chi connectivity index (χ2v) is 5.93. The number of nitrogens with zero attached hydrogens (tertiary/aromatic N) is 3. The van der Waals surface area contributed by atoms with Crippen LogP contribution in [-0.2, 0) is 6.54 Å². The van der Waals surface area contributed by atoms with E-state index in [1.165, 1.54) is 0 Å². The molecule has 3 heterocycles. The highest BCUT2D eigenvalue weighted by Crippen LogP contribution is 2.23. The number of aromatic nitrogens is 4. The van der Waals surface area contributed by atoms with E-state index in [2.05, 4.69) is 20.3 Å². The maximum Gasteiger partial charge on any atom is 0.201 e. The van der Waals surface area contributed by atoms with Crippen molar-refractivity contribution in [1.29, 1.82) is 0 Å². The Morgan fingerprint density at radius 3 is 2.87 bits per heavy atom. The summed E-state index contributed by atoms with van der Waals surface area (Å²) in [4.78, 5) is 25.0. The number of benzene rings is 1. The maximum atomic E-state index is 13.0. The van der Waals surface area contributed by atoms with E-state index in [4.69, 9.17) is 0 Å². The Bertz CT molecular complexity index is 815. The van der Waals surface area contributed by atoms with Gasteiger partial charge in [-0.25, -0.2) is 9.97 Å². The van der Waals surface area contributed by atoms with Gasteiger partial charge in [-0.05, 0) is 38.1 Å². The number of nitrogens with one attached hydrogen (secondary N) is 2. The Morgan fingerprint density at radius 1 is 1.26 bits per heavy atom. The third kappa shape index (κ3) is 2.66. The van der Waals surface area contributed by atoms with E-state index in [0.717, 1.165) is 42.8 Å². The van der Waals surface area contributed by atoms with E-state index in [-0.39, 0.29) is 11.7 Å². The van der Waals surface area contributed by atoms with Crippen LogP contribution in [0.5, 0.6) is 0 Å². The van der Waals surface area contributed by atoms with Crippen LogP contribution in [0.2, 0.25) is 0 Å². The fourth-order valence-corrected chi connectivity index (χ4v) is 3.22. The molecule has 0 bridgehead atoms. The van der Waals surface area contributed by atoms with Gasteiger partial charge in [-0.2, -0.15) is 0 Å². The predicted molar refractivity (Wildman–Crippen MR) is 87.3 cm³/mol. The van der Waals surface area contributed by atoms with Crippen molar-refractivity contribution in [2.75, 3.05) is 13.1 Å². The molecule has 0 amide bonds. The summed E-state index contributed by atoms with van der Waals surface area (Å²) in [6, 6.07) is 7.88. The van der Waals surface area contributed by atoms with Crippen LogP contribution in [0.3, 0.4) is 0 Å². The lowest BCUT2D eigenvalue weighted by Crippen LogP contribution is -2.33. The van der Waals surface area contributed by atoms with E-state index in [1.54, 1.807) is 12.4 Å². The van der Waals surface area contributed by atoms with E-state index < -0.39 is 0 Å². The second-order valence-electron chi connectivity index (χ2n) is 5.93. The number of H-pyrrole nitrogens is 1. The van der Waals surface area contributed by atoms with Gasteiger partial charge in [0.1, 0.15) is 5.82 Å². The van der Waals surface area contributed by atoms with Crippen molar-refractivity contribution in [3.8, 4) is 0 Å². The van der Waals surface area contributed by atoms with Crippen LogP contribution in [0, 0.1) is 5.92 Å². The van der Waals surface area contributed by atoms with Gasteiger partial charge in [0.25, 0.3) is 0 Å². The van der Waals surface area contributed by atoms with Crippen molar-refractivity contribution in [1.82, 2.24) is 24.8 Å². The number of ketones is 1. The highest BCUT2D eigenvalue weighted by molar-refractivity contribution is 5.98. The highest BCUT2D eigenvalue weighted by atomic mass is 16.1. The molecule has 1 saturated heterocycles. The van der Waals surface area contributed by atoms with Crippen LogP contribution in [0.4, 0.5) is 0 Å². The number of aromatic amines is 1. The van der Waals surface area contributed by atoms with Crippen molar-refractivity contribution in [3.63, 3.8) is 0 Å². The molecule has 6 nitrogen and oxygen atoms in total. The minimum absolute atomic E-state index is 0.0587. The van der Waals surface area contributed by atoms with Crippen LogP contribution in [0.25, 0.3) is 11.0 Å². The number of fused-ring (bicyclic) bond motifs is 1. The summed E-state index contributed by atoms with van der Waals surface area (Å²) < 4.78 is 1.98. The largest absolute Gasteiger partial charge is 0.347 e. The third-order valence-corrected chi connectivity index (χ3v) is 4.45. The number of Topliss-reactive ketones (excluding diaryl/α,β-unsaturated/α-hetero) is 1. The van der Waals surface area contributed by atoms with Crippen LogP contribution >= 0.6 is 0 Å². The fourth-order valence-electron chi connectivity index (χ4n) is 3.22. The second kappa shape index (κ2) is 5.96. The summed E-state index contributed by atoms with van der Waals surface area (Å²) in [5.74, 6) is 1.58. The van der Waals surface area contributed by atoms with Crippen molar-refractivity contribution in [3.05, 3.63) is 48.3 Å². The Hall–Kier alpha value is -2.47. The van der Waals surface area contributed by atoms with Gasteiger partial charge in [0.05, 0.1) is 17.6 Å². The molecule has 1 aliphatic heterocycles. The number of para-hydroxylation sites is 2. The molecule has 0 unspecified atom stereocenters. The van der Waals surface area contributed by atoms with Gasteiger partial charge in [0.2, 0.25) is 5.78 Å². The molecule has 0 aliphatic carbocycles. The Kier molecular flexibility index (Phi) is 3.67. The minimum Gasteiger partial charge on any atom is -0.347 e. The Morgan fingerprint density at radius 2 is 2.09 bits per heavy atom. The molecule has 2 N–H and O–H groups in total. The average molecular weight is 309 g/mol. The quantitative estimate of drug-likeness (QED) is 0.723. The summed E-state index contributed by atoms with van der Waals surface area (Å²) in [6.07, 6.45) is 5.27. The number of hydrogen-bond donors (Lipinski definition) is 2. The molecule has 0 radical (unpaired) electrons. The molecule has 1 fully saturated rings. The van der Waals surface area contributed by atoms with E-state index in [9.17, 15) is 4.79 Å². The van der Waals surface area contributed by atoms with Crippen molar-refractivity contribution in [2.24, 2.45) is 5.92 Å². The predicted octanol–water partition coefficient (Wildman–Crippen LogP) is 1.99. The third-order valence-electron chi connectivity index (χ3n) is 4.45. The molecule has 23 heavy (non-hydrogen) atoms. The summed E-state index contributed by atoms with van der Waals surface area (Å²) in [5.41, 5.74) is 1.83. The van der Waals surface area contributed by atoms with Crippen LogP contribution in [0.15, 0.2) is 36.7 Å². The number of carbonyl (C=O) groups excluding carboxylic acids is 1. The van der Waals surface area contributed by atoms with Crippen molar-refractivity contribution >= 4 is 16.8 Å². The van der Waals surface area contributed by atoms with Gasteiger partial charge < -0.3 is 14.9 Å². The first-order valence-corrected chi connectivity index (χ1v) is 8.01. The molecular weight excluding hydrogens is 290 g/mol. The molecule has 4 rings (SSSR count). The SMILES string of the molecule is O=C(c1nc2ccccc2n1Cc1ncc[nH]1)C1CCNCC1. The van der Waals surface area contributed by atoms with Gasteiger partial charge in [-0.3, -0.25) is 4.79 Å². The maximum absolute atomic E-state index is 13.0. The topological polar surface area (TPSA) is 75.6 Å². The van der Waals surface area contributed by atoms with Crippen LogP contribution < -0.4 is 5.32 Å². The first kappa shape index (κ1) is 14.1. The van der Waals surface area contributed by atoms with Gasteiger partial charge >= 0.3 is 0 Å². The Balaban J connectivity index is 1.76. The average Bonchev–Trinajstić information content (AvgIpc) is 3.24. The first-order valence-electron chi connectivity index (χ1n) is 8.01. The molecule has 118 valence electrons. The molecule has 0 spiro atoms. The monoisotopic (exact) mass is 309 g/mol. The van der Waals surface area contributed by atoms with Gasteiger partial charge in [-0.15, -0.1) is 0 Å². The zero-order valence-electron chi connectivity index (χ0n) is 12.8. The minimum atomic E-state index is 0.0587. The lowest BCUT2D eigenvalue weighted by molar-refractivity contribution is 0.0880. The van der Waals surface area contributed by atoms with Gasteiger partial charge in [-0.1, -0.05) is 12.1 Å². The van der Waals surface area contributed by atoms with E-state index in [1.807, 2.05) is 28.8 Å². The van der Waals surface area contributed by atoms with Crippen molar-refractivity contribution in [2.45, 2.75) is 19.4 Å². The van der Waals surface area contributed by atoms with E-state index in [0.29, 0.717) is 12.4 Å². The summed E-state index contributed by atoms with van der Waals surface area (Å²) >= 11 is 0. The molecule has 0 saturated carbocycles. The molecule has 2 aromatic heterocycles. The van der Waals surface area contributed by atoms with Gasteiger partial charge in [0, 0.05) is 18.3 Å². The number of imidazole rings is 2. The van der Waals surface area contributed by atoms with E-state index >= 15 is 0 Å². The number of rotatable bonds is 4. The summed E-state index contributed by atoms with van der Waals surface area (Å²) in [7, 11) is 0. The molecule has 1 aromatic carbocycles. The summed E-state index contributed by atoms with van der Waals surface area (Å²) in [5, 5.41) is 3.30. The van der Waals surface area contributed by atoms with Crippen LogP contribution in [0.1, 0.15) is 29.3 Å². The molecule has 1 aliphatic rings. The highest BCUT2D eigenvalue weighted by Gasteiger charge is 2.27.